The summed E-state index contributed by atoms with van der Waals surface area (Å²) in [4.78, 5) is 27.7. The summed E-state index contributed by atoms with van der Waals surface area (Å²) < 4.78 is 6.06. The lowest BCUT2D eigenvalue weighted by molar-refractivity contribution is -0.124. The maximum atomic E-state index is 12.3. The summed E-state index contributed by atoms with van der Waals surface area (Å²) in [6, 6.07) is 10.4. The van der Waals surface area contributed by atoms with Crippen LogP contribution in [-0.2, 0) is 4.79 Å². The van der Waals surface area contributed by atoms with Crippen LogP contribution < -0.4 is 10.2 Å². The van der Waals surface area contributed by atoms with Gasteiger partial charge < -0.3 is 14.6 Å². The van der Waals surface area contributed by atoms with E-state index in [1.54, 1.807) is 12.4 Å². The SMILES string of the molecule is CC1(C)C(=O)CCCN1c1ncc(-c2cccc(Nc3nccc(C4CC4)n3)c2)o1. The van der Waals surface area contributed by atoms with Gasteiger partial charge in [-0.15, -0.1) is 0 Å². The molecule has 2 aliphatic rings. The molecule has 5 rings (SSSR count). The first-order valence-corrected chi connectivity index (χ1v) is 10.5. The smallest absolute Gasteiger partial charge is 0.298 e. The number of nitrogens with zero attached hydrogens (tertiary/aromatic N) is 4. The lowest BCUT2D eigenvalue weighted by Gasteiger charge is -2.39. The number of hydrogen-bond acceptors (Lipinski definition) is 7. The summed E-state index contributed by atoms with van der Waals surface area (Å²) in [5.74, 6) is 2.06. The molecule has 0 radical (unpaired) electrons. The fraction of sp³-hybridized carbons (Fsp3) is 0.391. The lowest BCUT2D eigenvalue weighted by atomic mass is 9.89. The Morgan fingerprint density at radius 1 is 1.20 bits per heavy atom. The molecule has 0 atom stereocenters. The average molecular weight is 403 g/mol. The van der Waals surface area contributed by atoms with Crippen LogP contribution in [0.2, 0.25) is 0 Å². The van der Waals surface area contributed by atoms with E-state index < -0.39 is 5.54 Å². The molecule has 7 heteroatoms. The molecule has 1 saturated carbocycles. The largest absolute Gasteiger partial charge is 0.423 e. The highest BCUT2D eigenvalue weighted by atomic mass is 16.4. The fourth-order valence-electron chi connectivity index (χ4n) is 3.91. The number of carbonyl (C=O) groups is 1. The molecule has 1 saturated heterocycles. The molecule has 0 unspecified atom stereocenters. The maximum absolute atomic E-state index is 12.3. The number of piperidine rings is 1. The summed E-state index contributed by atoms with van der Waals surface area (Å²) in [6.45, 7) is 4.62. The molecule has 1 aliphatic heterocycles. The van der Waals surface area contributed by atoms with Crippen LogP contribution in [0.5, 0.6) is 0 Å². The summed E-state index contributed by atoms with van der Waals surface area (Å²) in [6.07, 6.45) is 7.36. The van der Waals surface area contributed by atoms with Gasteiger partial charge in [0.2, 0.25) is 5.95 Å². The van der Waals surface area contributed by atoms with Crippen LogP contribution >= 0.6 is 0 Å². The minimum absolute atomic E-state index is 0.216. The third kappa shape index (κ3) is 3.56. The van der Waals surface area contributed by atoms with Gasteiger partial charge >= 0.3 is 0 Å². The first kappa shape index (κ1) is 18.8. The van der Waals surface area contributed by atoms with Crippen LogP contribution in [0.4, 0.5) is 17.7 Å². The molecule has 30 heavy (non-hydrogen) atoms. The number of rotatable bonds is 5. The van der Waals surface area contributed by atoms with E-state index in [0.29, 0.717) is 30.1 Å². The number of anilines is 3. The second-order valence-corrected chi connectivity index (χ2v) is 8.53. The number of oxazole rings is 1. The number of aromatic nitrogens is 3. The fourth-order valence-corrected chi connectivity index (χ4v) is 3.91. The van der Waals surface area contributed by atoms with Gasteiger partial charge in [0.1, 0.15) is 0 Å². The predicted molar refractivity (Wildman–Crippen MR) is 115 cm³/mol. The van der Waals surface area contributed by atoms with E-state index in [2.05, 4.69) is 20.3 Å². The third-order valence-electron chi connectivity index (χ3n) is 5.94. The summed E-state index contributed by atoms with van der Waals surface area (Å²) >= 11 is 0. The highest BCUT2D eigenvalue weighted by molar-refractivity contribution is 5.91. The molecular weight excluding hydrogens is 378 g/mol. The molecule has 7 nitrogen and oxygen atoms in total. The van der Waals surface area contributed by atoms with Crippen LogP contribution in [0.15, 0.2) is 47.1 Å². The van der Waals surface area contributed by atoms with Gasteiger partial charge in [-0.2, -0.15) is 0 Å². The predicted octanol–water partition coefficient (Wildman–Crippen LogP) is 4.70. The van der Waals surface area contributed by atoms with Gasteiger partial charge in [0.15, 0.2) is 11.5 Å². The highest BCUT2D eigenvalue weighted by Gasteiger charge is 2.39. The molecule has 2 fully saturated rings. The van der Waals surface area contributed by atoms with E-state index >= 15 is 0 Å². The van der Waals surface area contributed by atoms with Crippen LogP contribution in [0.3, 0.4) is 0 Å². The minimum Gasteiger partial charge on any atom is -0.423 e. The molecule has 0 bridgehead atoms. The Morgan fingerprint density at radius 3 is 2.90 bits per heavy atom. The number of benzene rings is 1. The van der Waals surface area contributed by atoms with Gasteiger partial charge in [0.05, 0.1) is 11.7 Å². The van der Waals surface area contributed by atoms with Crippen molar-refractivity contribution in [2.75, 3.05) is 16.8 Å². The zero-order valence-electron chi connectivity index (χ0n) is 17.3. The molecule has 0 spiro atoms. The van der Waals surface area contributed by atoms with Crippen LogP contribution in [0.1, 0.15) is 51.1 Å². The number of hydrogen-bond donors (Lipinski definition) is 1. The first-order valence-electron chi connectivity index (χ1n) is 10.5. The van der Waals surface area contributed by atoms with Crippen molar-refractivity contribution in [1.82, 2.24) is 15.0 Å². The van der Waals surface area contributed by atoms with Gasteiger partial charge in [0, 0.05) is 42.0 Å². The zero-order chi connectivity index (χ0) is 20.7. The number of carbonyl (C=O) groups excluding carboxylic acids is 1. The normalized spacial score (nSPS) is 18.5. The van der Waals surface area contributed by atoms with E-state index in [1.165, 1.54) is 12.8 Å². The maximum Gasteiger partial charge on any atom is 0.298 e. The third-order valence-corrected chi connectivity index (χ3v) is 5.94. The van der Waals surface area contributed by atoms with Crippen LogP contribution in [0.25, 0.3) is 11.3 Å². The number of Topliss-reactive ketones (excluding diaryl/α,β-unsaturated/α-hetero) is 1. The summed E-state index contributed by atoms with van der Waals surface area (Å²) in [5, 5.41) is 3.29. The quantitative estimate of drug-likeness (QED) is 0.661. The van der Waals surface area contributed by atoms with E-state index in [1.807, 2.05) is 49.1 Å². The molecule has 1 aromatic carbocycles. The van der Waals surface area contributed by atoms with Gasteiger partial charge in [-0.25, -0.2) is 15.0 Å². The topological polar surface area (TPSA) is 84.2 Å². The minimum atomic E-state index is -0.603. The van der Waals surface area contributed by atoms with Gasteiger partial charge in [0.25, 0.3) is 6.01 Å². The molecular formula is C23H25N5O2. The van der Waals surface area contributed by atoms with Crippen molar-refractivity contribution in [3.63, 3.8) is 0 Å². The Labute approximate surface area is 175 Å². The van der Waals surface area contributed by atoms with Crippen molar-refractivity contribution in [2.45, 2.75) is 51.0 Å². The van der Waals surface area contributed by atoms with Crippen molar-refractivity contribution < 1.29 is 9.21 Å². The van der Waals surface area contributed by atoms with Crippen LogP contribution in [-0.4, -0.2) is 32.8 Å². The summed E-state index contributed by atoms with van der Waals surface area (Å²) in [7, 11) is 0. The molecule has 1 aliphatic carbocycles. The van der Waals surface area contributed by atoms with Gasteiger partial charge in [-0.3, -0.25) is 4.79 Å². The second-order valence-electron chi connectivity index (χ2n) is 8.53. The monoisotopic (exact) mass is 403 g/mol. The number of nitrogens with one attached hydrogen (secondary N) is 1. The van der Waals surface area contributed by atoms with Crippen molar-refractivity contribution >= 4 is 23.4 Å². The Balaban J connectivity index is 1.37. The molecule has 0 amide bonds. The number of ketones is 1. The lowest BCUT2D eigenvalue weighted by Crippen LogP contribution is -2.54. The van der Waals surface area contributed by atoms with E-state index in [4.69, 9.17) is 4.42 Å². The van der Waals surface area contributed by atoms with Crippen LogP contribution in [0, 0.1) is 0 Å². The van der Waals surface area contributed by atoms with Crippen molar-refractivity contribution in [2.24, 2.45) is 0 Å². The standard InChI is InChI=1S/C23H25N5O2/c1-23(2)20(29)7-4-12-28(23)22-25-14-19(30-22)16-5-3-6-17(13-16)26-21-24-11-10-18(27-21)15-8-9-15/h3,5-6,10-11,13-15H,4,7-9,12H2,1-2H3,(H,24,26,27). The summed E-state index contributed by atoms with van der Waals surface area (Å²) in [5.41, 5.74) is 2.28. The Morgan fingerprint density at radius 2 is 2.07 bits per heavy atom. The van der Waals surface area contributed by atoms with Gasteiger partial charge in [-0.05, 0) is 51.3 Å². The molecule has 1 N–H and O–H groups in total. The Hall–Kier alpha value is -3.22. The zero-order valence-corrected chi connectivity index (χ0v) is 17.3. The van der Waals surface area contributed by atoms with Crippen molar-refractivity contribution in [3.8, 4) is 11.3 Å². The molecule has 154 valence electrons. The Kier molecular flexibility index (Phi) is 4.53. The second kappa shape index (κ2) is 7.23. The van der Waals surface area contributed by atoms with Crippen molar-refractivity contribution in [1.29, 1.82) is 0 Å². The molecule has 3 aromatic rings. The Bertz CT molecular complexity index is 1090. The molecule has 2 aromatic heterocycles. The van der Waals surface area contributed by atoms with Gasteiger partial charge in [-0.1, -0.05) is 12.1 Å². The van der Waals surface area contributed by atoms with Crippen molar-refractivity contribution in [3.05, 3.63) is 48.4 Å². The van der Waals surface area contributed by atoms with E-state index in [0.717, 1.165) is 29.9 Å². The van der Waals surface area contributed by atoms with E-state index in [-0.39, 0.29) is 5.78 Å². The highest BCUT2D eigenvalue weighted by Crippen LogP contribution is 2.39. The van der Waals surface area contributed by atoms with E-state index in [9.17, 15) is 4.79 Å². The average Bonchev–Trinajstić information content (AvgIpc) is 3.48. The first-order chi connectivity index (χ1) is 14.5. The molecule has 3 heterocycles.